The Hall–Kier alpha value is 0.947. The van der Waals surface area contributed by atoms with Gasteiger partial charge in [0.1, 0.15) is 0 Å². The summed E-state index contributed by atoms with van der Waals surface area (Å²) in [6.07, 6.45) is 0. The third-order valence-corrected chi connectivity index (χ3v) is 0. The Morgan fingerprint density at radius 2 is 0.353 bits per heavy atom. The number of halogens is 3. The van der Waals surface area contributed by atoms with E-state index in [0.717, 1.165) is 0 Å². The monoisotopic (exact) mass is 320 g/mol. The second-order valence-corrected chi connectivity index (χ2v) is 3.40. The van der Waals surface area contributed by atoms with Gasteiger partial charge >= 0.3 is 24.3 Å². The van der Waals surface area contributed by atoms with Gasteiger partial charge in [0.2, 0.25) is 0 Å². The molecule has 0 rings (SSSR count). The fourth-order valence-electron chi connectivity index (χ4n) is 0. The molecule has 17 heteroatoms. The molecule has 13 nitrogen and oxygen atoms in total. The molecule has 0 aliphatic heterocycles. The van der Waals surface area contributed by atoms with Crippen molar-refractivity contribution in [3.8, 4) is 0 Å². The molecule has 0 atom stereocenters. The minimum atomic E-state index is -4.94. The van der Waals surface area contributed by atoms with Gasteiger partial charge < -0.3 is 0 Å². The average molecular weight is 321 g/mol. The SMILES string of the molecule is [Li+].[O+2].[O-][Cl+3]([O-])([O-])[O-].[O-][Cl+3]([O-])([O-])[O-].[O-][Cl+3]([O-])([O-])[O-]. The van der Waals surface area contributed by atoms with Crippen LogP contribution in [0.3, 0.4) is 0 Å². The predicted molar refractivity (Wildman–Crippen MR) is 0.686 cm³/mol. The van der Waals surface area contributed by atoms with Crippen LogP contribution in [-0.2, 0) is 5.48 Å². The Balaban J connectivity index is -0.0000000400. The maximum atomic E-state index is 8.49. The third kappa shape index (κ3) is 4220. The van der Waals surface area contributed by atoms with Gasteiger partial charge in [-0.25, -0.2) is 55.9 Å². The minimum absolute atomic E-state index is 0. The van der Waals surface area contributed by atoms with Gasteiger partial charge in [-0.1, -0.05) is 0 Å². The van der Waals surface area contributed by atoms with E-state index >= 15 is 0 Å². The molecule has 0 spiro atoms. The van der Waals surface area contributed by atoms with E-state index in [2.05, 4.69) is 0 Å². The van der Waals surface area contributed by atoms with Gasteiger partial charge in [0.15, 0.2) is 0 Å². The van der Waals surface area contributed by atoms with Crippen LogP contribution in [0.5, 0.6) is 0 Å². The molecule has 0 aromatic rings. The Morgan fingerprint density at radius 3 is 0.353 bits per heavy atom. The zero-order valence-electron chi connectivity index (χ0n) is 7.44. The van der Waals surface area contributed by atoms with Gasteiger partial charge in [-0.3, -0.25) is 0 Å². The number of hydrogen-bond acceptors (Lipinski definition) is 12. The minimum Gasteiger partial charge on any atom is -0.222 e. The van der Waals surface area contributed by atoms with Crippen LogP contribution in [0.1, 0.15) is 0 Å². The van der Waals surface area contributed by atoms with Crippen molar-refractivity contribution in [2.24, 2.45) is 0 Å². The van der Waals surface area contributed by atoms with E-state index in [-0.39, 0.29) is 24.3 Å². The van der Waals surface area contributed by atoms with Crippen molar-refractivity contribution in [1.29, 1.82) is 0 Å². The quantitative estimate of drug-likeness (QED) is 0.375. The molecule has 0 unspecified atom stereocenters. The van der Waals surface area contributed by atoms with Crippen molar-refractivity contribution < 1.29 is 111 Å². The van der Waals surface area contributed by atoms with Crippen LogP contribution in [-0.4, -0.2) is 0 Å². The van der Waals surface area contributed by atoms with Gasteiger partial charge in [-0.2, -0.15) is 0 Å². The zero-order chi connectivity index (χ0) is 13.5. The Morgan fingerprint density at radius 1 is 0.353 bits per heavy atom. The van der Waals surface area contributed by atoms with Gasteiger partial charge in [0, 0.05) is 0 Å². The zero-order valence-corrected chi connectivity index (χ0v) is 9.71. The summed E-state index contributed by atoms with van der Waals surface area (Å²) in [5, 5.41) is 0. The summed E-state index contributed by atoms with van der Waals surface area (Å²) >= 11 is 0. The van der Waals surface area contributed by atoms with Gasteiger partial charge in [-0.15, -0.1) is 30.7 Å². The first-order chi connectivity index (χ1) is 6.00. The van der Waals surface area contributed by atoms with Crippen LogP contribution in [0.2, 0.25) is 0 Å². The Kier molecular flexibility index (Phi) is 21.7. The summed E-state index contributed by atoms with van der Waals surface area (Å²) in [6, 6.07) is 0. The normalized spacial score (nSPS) is 10.6. The van der Waals surface area contributed by atoms with E-state index in [1.165, 1.54) is 0 Å². The molecule has 0 heterocycles. The molecular weight excluding hydrogens is 321 g/mol. The molecule has 0 aliphatic carbocycles. The summed E-state index contributed by atoms with van der Waals surface area (Å²) < 4.78 is 102. The molecule has 0 N–H and O–H groups in total. The number of hydrogen-bond donors (Lipinski definition) is 0. The molecule has 4 radical (unpaired) electrons. The van der Waals surface area contributed by atoms with Crippen LogP contribution in [0, 0.1) is 30.7 Å². The van der Waals surface area contributed by atoms with E-state index in [9.17, 15) is 0 Å². The Bertz CT molecular complexity index is 91.7. The van der Waals surface area contributed by atoms with Crippen LogP contribution in [0.15, 0.2) is 0 Å². The second-order valence-electron chi connectivity index (χ2n) is 1.13. The van der Waals surface area contributed by atoms with Gasteiger partial charge in [-0.05, 0) is 0 Å². The molecule has 17 heavy (non-hydrogen) atoms. The fraction of sp³-hybridized carbons (Fsp3) is 0. The van der Waals surface area contributed by atoms with Crippen molar-refractivity contribution >= 4 is 0 Å². The van der Waals surface area contributed by atoms with Crippen molar-refractivity contribution in [3.63, 3.8) is 0 Å². The smallest absolute Gasteiger partial charge is 0.222 e. The van der Waals surface area contributed by atoms with E-state index in [4.69, 9.17) is 55.9 Å². The van der Waals surface area contributed by atoms with E-state index in [0.29, 0.717) is 0 Å². The largest absolute Gasteiger partial charge is 2.00 e. The molecule has 0 saturated carbocycles. The molecule has 0 aromatic carbocycles. The Labute approximate surface area is 111 Å². The molecule has 100 valence electrons. The first-order valence-corrected chi connectivity index (χ1v) is 5.55. The second kappa shape index (κ2) is 12.0. The standard InChI is InChI=1S/3ClHO4.Li.O/c3*2-1(3,4)5;;/h3*(H,2,3,4,5);;/q;;;+1;+2/p-3. The van der Waals surface area contributed by atoms with Gasteiger partial charge in [0.25, 0.3) is 0 Å². The summed E-state index contributed by atoms with van der Waals surface area (Å²) in [7, 11) is -14.8. The first kappa shape index (κ1) is 30.7. The summed E-state index contributed by atoms with van der Waals surface area (Å²) in [5.41, 5.74) is 0. The van der Waals surface area contributed by atoms with E-state index in [1.807, 2.05) is 0 Å². The fourth-order valence-corrected chi connectivity index (χ4v) is 0. The van der Waals surface area contributed by atoms with E-state index in [1.54, 1.807) is 0 Å². The van der Waals surface area contributed by atoms with Crippen LogP contribution >= 0.6 is 0 Å². The topological polar surface area (TPSA) is 305 Å². The molecule has 0 aromatic heterocycles. The van der Waals surface area contributed by atoms with Crippen molar-refractivity contribution in [3.05, 3.63) is 0 Å². The predicted octanol–water partition coefficient (Wildman–Crippen LogP) is -17.4. The molecule has 0 saturated heterocycles. The maximum Gasteiger partial charge on any atom is 2.00 e. The molecule has 0 amide bonds. The summed E-state index contributed by atoms with van der Waals surface area (Å²) in [4.78, 5) is 0. The molecule has 0 aliphatic rings. The molecular formula is Cl3LiO13. The van der Waals surface area contributed by atoms with Gasteiger partial charge in [0.05, 0.1) is 0 Å². The maximum absolute atomic E-state index is 8.49. The third-order valence-electron chi connectivity index (χ3n) is 0. The van der Waals surface area contributed by atoms with Crippen LogP contribution in [0.4, 0.5) is 0 Å². The van der Waals surface area contributed by atoms with Crippen LogP contribution < -0.4 is 74.8 Å². The summed E-state index contributed by atoms with van der Waals surface area (Å²) in [5.74, 6) is 0. The first-order valence-electron chi connectivity index (χ1n) is 1.85. The van der Waals surface area contributed by atoms with Crippen molar-refractivity contribution in [2.75, 3.05) is 0 Å². The number of rotatable bonds is 0. The van der Waals surface area contributed by atoms with Crippen LogP contribution in [0.25, 0.3) is 0 Å². The van der Waals surface area contributed by atoms with Crippen molar-refractivity contribution in [2.45, 2.75) is 0 Å². The molecule has 0 bridgehead atoms. The van der Waals surface area contributed by atoms with E-state index < -0.39 is 30.7 Å². The molecule has 0 fully saturated rings. The van der Waals surface area contributed by atoms with Crippen molar-refractivity contribution in [1.82, 2.24) is 0 Å². The summed E-state index contributed by atoms with van der Waals surface area (Å²) in [6.45, 7) is 0. The average Bonchev–Trinajstić information content (AvgIpc) is 1.41.